The Bertz CT molecular complexity index is 1470. The molecule has 13 heteroatoms. The average Bonchev–Trinajstić information content (AvgIpc) is 3.44. The van der Waals surface area contributed by atoms with E-state index in [0.717, 1.165) is 23.8 Å². The standard InChI is InChI=1S/C23H24ClF3N6O3/c1-2-3-5-8-32-20-19(29-22(24)30-20)21(34)33(23(32)35)9-6-4-7-17-28-18(36-31-17)12-14-15(26)10-13(25)11-16(14)27/h10-11H,2-9,12H2,1H3,(H,29,30). The minimum absolute atomic E-state index is 0.0119. The minimum atomic E-state index is -1.03. The van der Waals surface area contributed by atoms with Crippen molar-refractivity contribution in [2.45, 2.75) is 65.0 Å². The highest BCUT2D eigenvalue weighted by Gasteiger charge is 2.18. The molecule has 1 N–H and O–H groups in total. The fraction of sp³-hybridized carbons (Fsp3) is 0.435. The molecule has 0 aliphatic heterocycles. The lowest BCUT2D eigenvalue weighted by Gasteiger charge is -2.11. The zero-order valence-electron chi connectivity index (χ0n) is 19.5. The number of hydrogen-bond acceptors (Lipinski definition) is 6. The lowest BCUT2D eigenvalue weighted by Crippen LogP contribution is -2.40. The molecule has 4 rings (SSSR count). The normalized spacial score (nSPS) is 11.6. The van der Waals surface area contributed by atoms with Crippen molar-refractivity contribution in [2.75, 3.05) is 0 Å². The molecule has 4 aromatic rings. The molecule has 0 spiro atoms. The van der Waals surface area contributed by atoms with Gasteiger partial charge >= 0.3 is 5.69 Å². The van der Waals surface area contributed by atoms with Crippen LogP contribution in [0.25, 0.3) is 11.2 Å². The van der Waals surface area contributed by atoms with Gasteiger partial charge in [0.1, 0.15) is 17.5 Å². The first-order chi connectivity index (χ1) is 17.3. The summed E-state index contributed by atoms with van der Waals surface area (Å²) in [4.78, 5) is 36.8. The first kappa shape index (κ1) is 25.7. The van der Waals surface area contributed by atoms with E-state index in [2.05, 4.69) is 27.0 Å². The molecule has 9 nitrogen and oxygen atoms in total. The summed E-state index contributed by atoms with van der Waals surface area (Å²) >= 11 is 5.95. The third-order valence-corrected chi connectivity index (χ3v) is 5.97. The summed E-state index contributed by atoms with van der Waals surface area (Å²) in [6.07, 6.45) is 3.69. The number of imidazole rings is 1. The number of fused-ring (bicyclic) bond motifs is 1. The van der Waals surface area contributed by atoms with Crippen molar-refractivity contribution in [1.29, 1.82) is 0 Å². The molecule has 0 unspecified atom stereocenters. The number of nitrogens with zero attached hydrogens (tertiary/aromatic N) is 5. The number of rotatable bonds is 11. The van der Waals surface area contributed by atoms with Crippen molar-refractivity contribution in [3.63, 3.8) is 0 Å². The van der Waals surface area contributed by atoms with Crippen LogP contribution < -0.4 is 11.2 Å². The molecule has 0 amide bonds. The van der Waals surface area contributed by atoms with Crippen LogP contribution in [0, 0.1) is 17.5 Å². The lowest BCUT2D eigenvalue weighted by atomic mass is 10.1. The Morgan fingerprint density at radius 2 is 1.69 bits per heavy atom. The van der Waals surface area contributed by atoms with E-state index < -0.39 is 28.7 Å². The molecular weight excluding hydrogens is 501 g/mol. The smallest absolute Gasteiger partial charge is 0.332 e. The van der Waals surface area contributed by atoms with Crippen molar-refractivity contribution < 1.29 is 17.7 Å². The summed E-state index contributed by atoms with van der Waals surface area (Å²) in [5, 5.41) is 3.84. The Hall–Kier alpha value is -3.41. The number of nitrogens with one attached hydrogen (secondary N) is 1. The van der Waals surface area contributed by atoms with Gasteiger partial charge in [-0.05, 0) is 30.9 Å². The fourth-order valence-corrected chi connectivity index (χ4v) is 4.14. The molecule has 0 saturated heterocycles. The highest BCUT2D eigenvalue weighted by molar-refractivity contribution is 6.28. The zero-order chi connectivity index (χ0) is 25.8. The number of aromatic amines is 1. The lowest BCUT2D eigenvalue weighted by molar-refractivity contribution is 0.375. The molecule has 3 heterocycles. The SMILES string of the molecule is CCCCCn1c(=O)n(CCCCc2noc(Cc3c(F)cc(F)cc3F)n2)c(=O)c2[nH]c(Cl)nc21. The molecule has 192 valence electrons. The van der Waals surface area contributed by atoms with Gasteiger partial charge in [0.2, 0.25) is 11.2 Å². The van der Waals surface area contributed by atoms with Gasteiger partial charge in [0.15, 0.2) is 17.0 Å². The summed E-state index contributed by atoms with van der Waals surface area (Å²) in [5.74, 6) is -2.78. The van der Waals surface area contributed by atoms with Gasteiger partial charge in [0.05, 0.1) is 6.42 Å². The summed E-state index contributed by atoms with van der Waals surface area (Å²) in [5.41, 5.74) is -0.881. The number of halogens is 4. The molecule has 3 aromatic heterocycles. The van der Waals surface area contributed by atoms with Crippen LogP contribution in [0.4, 0.5) is 13.2 Å². The first-order valence-electron chi connectivity index (χ1n) is 11.6. The highest BCUT2D eigenvalue weighted by Crippen LogP contribution is 2.18. The van der Waals surface area contributed by atoms with E-state index in [1.54, 1.807) is 0 Å². The Morgan fingerprint density at radius 3 is 2.42 bits per heavy atom. The van der Waals surface area contributed by atoms with E-state index >= 15 is 0 Å². The number of benzene rings is 1. The van der Waals surface area contributed by atoms with Crippen LogP contribution in [0.1, 0.15) is 56.3 Å². The van der Waals surface area contributed by atoms with Crippen molar-refractivity contribution in [2.24, 2.45) is 0 Å². The van der Waals surface area contributed by atoms with Crippen LogP contribution in [0.3, 0.4) is 0 Å². The number of unbranched alkanes of at least 4 members (excludes halogenated alkanes) is 3. The molecule has 0 fully saturated rings. The van der Waals surface area contributed by atoms with Gasteiger partial charge in [-0.25, -0.2) is 18.0 Å². The maximum absolute atomic E-state index is 13.9. The average molecular weight is 525 g/mol. The molecule has 1 aromatic carbocycles. The predicted octanol–water partition coefficient (Wildman–Crippen LogP) is 4.14. The van der Waals surface area contributed by atoms with Crippen LogP contribution in [-0.4, -0.2) is 29.2 Å². The predicted molar refractivity (Wildman–Crippen MR) is 126 cm³/mol. The first-order valence-corrected chi connectivity index (χ1v) is 12.0. The van der Waals surface area contributed by atoms with Crippen LogP contribution >= 0.6 is 11.6 Å². The largest absolute Gasteiger partial charge is 0.339 e. The van der Waals surface area contributed by atoms with Gasteiger partial charge < -0.3 is 9.51 Å². The number of aromatic nitrogens is 6. The van der Waals surface area contributed by atoms with Crippen molar-refractivity contribution >= 4 is 22.8 Å². The van der Waals surface area contributed by atoms with E-state index in [1.165, 1.54) is 4.57 Å². The van der Waals surface area contributed by atoms with Crippen molar-refractivity contribution in [3.8, 4) is 0 Å². The van der Waals surface area contributed by atoms with Gasteiger partial charge in [-0.2, -0.15) is 9.97 Å². The summed E-state index contributed by atoms with van der Waals surface area (Å²) in [6, 6.07) is 1.17. The zero-order valence-corrected chi connectivity index (χ0v) is 20.2. The fourth-order valence-electron chi connectivity index (χ4n) is 3.97. The van der Waals surface area contributed by atoms with Crippen molar-refractivity contribution in [1.82, 2.24) is 29.2 Å². The Kier molecular flexibility index (Phi) is 7.92. The van der Waals surface area contributed by atoms with Crippen molar-refractivity contribution in [3.05, 3.63) is 73.0 Å². The van der Waals surface area contributed by atoms with Gasteiger partial charge in [0.25, 0.3) is 5.56 Å². The number of hydrogen-bond donors (Lipinski definition) is 1. The van der Waals surface area contributed by atoms with Crippen LogP contribution in [-0.2, 0) is 25.9 Å². The van der Waals surface area contributed by atoms with E-state index in [-0.39, 0.29) is 40.9 Å². The second-order valence-corrected chi connectivity index (χ2v) is 8.77. The van der Waals surface area contributed by atoms with Gasteiger partial charge in [-0.3, -0.25) is 13.9 Å². The monoisotopic (exact) mass is 524 g/mol. The molecule has 36 heavy (non-hydrogen) atoms. The molecule has 0 saturated carbocycles. The maximum atomic E-state index is 13.9. The summed E-state index contributed by atoms with van der Waals surface area (Å²) in [7, 11) is 0. The minimum Gasteiger partial charge on any atom is -0.339 e. The van der Waals surface area contributed by atoms with Crippen LogP contribution in [0.15, 0.2) is 26.2 Å². The molecule has 0 bridgehead atoms. The summed E-state index contributed by atoms with van der Waals surface area (Å²) < 4.78 is 48.5. The second kappa shape index (κ2) is 11.1. The second-order valence-electron chi connectivity index (χ2n) is 8.41. The van der Waals surface area contributed by atoms with E-state index in [0.29, 0.717) is 43.8 Å². The Morgan fingerprint density at radius 1 is 1.00 bits per heavy atom. The maximum Gasteiger partial charge on any atom is 0.332 e. The molecule has 0 aliphatic carbocycles. The number of aryl methyl sites for hydroxylation is 2. The third-order valence-electron chi connectivity index (χ3n) is 5.79. The van der Waals surface area contributed by atoms with Gasteiger partial charge in [-0.1, -0.05) is 24.9 Å². The molecular formula is C23H24ClF3N6O3. The van der Waals surface area contributed by atoms with E-state index in [9.17, 15) is 22.8 Å². The summed E-state index contributed by atoms with van der Waals surface area (Å²) in [6.45, 7) is 2.64. The highest BCUT2D eigenvalue weighted by atomic mass is 35.5. The van der Waals surface area contributed by atoms with Crippen LogP contribution in [0.5, 0.6) is 0 Å². The molecule has 0 aliphatic rings. The van der Waals surface area contributed by atoms with Gasteiger partial charge in [-0.15, -0.1) is 0 Å². The Labute approximate surface area is 207 Å². The van der Waals surface area contributed by atoms with Gasteiger partial charge in [0, 0.05) is 37.2 Å². The molecule has 0 radical (unpaired) electrons. The quantitative estimate of drug-likeness (QED) is 0.233. The van der Waals surface area contributed by atoms with Crippen LogP contribution in [0.2, 0.25) is 5.28 Å². The molecule has 0 atom stereocenters. The Balaban J connectivity index is 1.41. The number of H-pyrrole nitrogens is 1. The van der Waals surface area contributed by atoms with E-state index in [4.69, 9.17) is 16.1 Å². The topological polar surface area (TPSA) is 112 Å². The van der Waals surface area contributed by atoms with E-state index in [1.807, 2.05) is 0 Å². The third kappa shape index (κ3) is 5.53.